The lowest BCUT2D eigenvalue weighted by atomic mass is 10.1. The lowest BCUT2D eigenvalue weighted by Crippen LogP contribution is -2.49. The van der Waals surface area contributed by atoms with E-state index in [1.165, 1.54) is 4.31 Å². The highest BCUT2D eigenvalue weighted by molar-refractivity contribution is 7.93. The van der Waals surface area contributed by atoms with E-state index in [9.17, 15) is 13.2 Å². The molecule has 1 aromatic carbocycles. The number of rotatable bonds is 3. The molecule has 0 N–H and O–H groups in total. The molecule has 0 saturated carbocycles. The first kappa shape index (κ1) is 17.7. The highest BCUT2D eigenvalue weighted by Crippen LogP contribution is 2.25. The van der Waals surface area contributed by atoms with E-state index in [1.54, 1.807) is 47.8 Å². The zero-order valence-electron chi connectivity index (χ0n) is 14.9. The highest BCUT2D eigenvalue weighted by Gasteiger charge is 2.29. The third-order valence-corrected chi connectivity index (χ3v) is 6.79. The van der Waals surface area contributed by atoms with E-state index in [4.69, 9.17) is 0 Å². The van der Waals surface area contributed by atoms with Crippen LogP contribution in [0.2, 0.25) is 0 Å². The molecule has 4 rings (SSSR count). The van der Waals surface area contributed by atoms with E-state index in [0.29, 0.717) is 50.4 Å². The first-order valence-corrected chi connectivity index (χ1v) is 10.6. The molecule has 142 valence electrons. The van der Waals surface area contributed by atoms with E-state index in [2.05, 4.69) is 14.9 Å². The van der Waals surface area contributed by atoms with Gasteiger partial charge in [0.1, 0.15) is 5.82 Å². The number of carbonyl (C=O) groups is 1. The zero-order chi connectivity index (χ0) is 18.9. The largest absolute Gasteiger partial charge is 0.352 e. The van der Waals surface area contributed by atoms with Gasteiger partial charge in [0.15, 0.2) is 0 Å². The van der Waals surface area contributed by atoms with E-state index < -0.39 is 10.0 Å². The SMILES string of the molecule is O=C(c1cccc(N2CCCS2(=O)=O)c1)N1CCN(c2cnccn2)CC1. The lowest BCUT2D eigenvalue weighted by molar-refractivity contribution is 0.0746. The average Bonchev–Trinajstić information content (AvgIpc) is 3.07. The first-order chi connectivity index (χ1) is 13.0. The molecule has 2 fully saturated rings. The maximum Gasteiger partial charge on any atom is 0.254 e. The number of anilines is 2. The smallest absolute Gasteiger partial charge is 0.254 e. The molecule has 0 atom stereocenters. The number of amides is 1. The molecule has 1 aromatic heterocycles. The standard InChI is InChI=1S/C18H21N5O3S/c24-18(22-10-8-21(9-11-22)17-14-19-5-6-20-17)15-3-1-4-16(13-15)23-7-2-12-27(23,25)26/h1,3-6,13-14H,2,7-12H2. The topological polar surface area (TPSA) is 86.7 Å². The van der Waals surface area contributed by atoms with Crippen LogP contribution in [-0.2, 0) is 10.0 Å². The Hall–Kier alpha value is -2.68. The zero-order valence-corrected chi connectivity index (χ0v) is 15.7. The summed E-state index contributed by atoms with van der Waals surface area (Å²) >= 11 is 0. The molecule has 0 radical (unpaired) electrons. The van der Waals surface area contributed by atoms with Crippen LogP contribution in [0.15, 0.2) is 42.9 Å². The molecule has 0 unspecified atom stereocenters. The molecule has 1 amide bonds. The van der Waals surface area contributed by atoms with Gasteiger partial charge < -0.3 is 9.80 Å². The third kappa shape index (κ3) is 3.59. The van der Waals surface area contributed by atoms with E-state index in [-0.39, 0.29) is 11.7 Å². The van der Waals surface area contributed by atoms with Gasteiger partial charge in [-0.25, -0.2) is 13.4 Å². The first-order valence-electron chi connectivity index (χ1n) is 8.95. The Morgan fingerprint density at radius 3 is 2.52 bits per heavy atom. The van der Waals surface area contributed by atoms with Crippen molar-refractivity contribution in [2.75, 3.05) is 47.7 Å². The van der Waals surface area contributed by atoms with Gasteiger partial charge in [-0.05, 0) is 24.6 Å². The summed E-state index contributed by atoms with van der Waals surface area (Å²) in [5.74, 6) is 0.897. The third-order valence-electron chi connectivity index (χ3n) is 4.92. The minimum atomic E-state index is -3.26. The van der Waals surface area contributed by atoms with Crippen molar-refractivity contribution in [3.05, 3.63) is 48.4 Å². The molecule has 27 heavy (non-hydrogen) atoms. The molecule has 9 heteroatoms. The fraction of sp³-hybridized carbons (Fsp3) is 0.389. The van der Waals surface area contributed by atoms with Crippen molar-refractivity contribution in [1.82, 2.24) is 14.9 Å². The molecule has 0 spiro atoms. The summed E-state index contributed by atoms with van der Waals surface area (Å²) in [7, 11) is -3.26. The summed E-state index contributed by atoms with van der Waals surface area (Å²) in [5, 5.41) is 0. The van der Waals surface area contributed by atoms with Crippen LogP contribution in [0.3, 0.4) is 0 Å². The second-order valence-electron chi connectivity index (χ2n) is 6.63. The van der Waals surface area contributed by atoms with E-state index >= 15 is 0 Å². The Balaban J connectivity index is 1.46. The quantitative estimate of drug-likeness (QED) is 0.780. The Kier molecular flexibility index (Phi) is 4.69. The second kappa shape index (κ2) is 7.15. The normalized spacial score (nSPS) is 19.3. The maximum atomic E-state index is 12.9. The molecular weight excluding hydrogens is 366 g/mol. The maximum absolute atomic E-state index is 12.9. The number of hydrogen-bond acceptors (Lipinski definition) is 6. The van der Waals surface area contributed by atoms with Crippen LogP contribution in [-0.4, -0.2) is 67.7 Å². The number of aromatic nitrogens is 2. The van der Waals surface area contributed by atoms with Gasteiger partial charge in [0.05, 0.1) is 17.6 Å². The van der Waals surface area contributed by atoms with Gasteiger partial charge in [0.25, 0.3) is 5.91 Å². The van der Waals surface area contributed by atoms with Crippen LogP contribution in [0, 0.1) is 0 Å². The summed E-state index contributed by atoms with van der Waals surface area (Å²) in [4.78, 5) is 25.2. The predicted molar refractivity (Wildman–Crippen MR) is 102 cm³/mol. The van der Waals surface area contributed by atoms with Crippen molar-refractivity contribution < 1.29 is 13.2 Å². The molecule has 2 aromatic rings. The van der Waals surface area contributed by atoms with Crippen LogP contribution in [0.25, 0.3) is 0 Å². The molecule has 2 aliphatic rings. The molecule has 2 aliphatic heterocycles. The lowest BCUT2D eigenvalue weighted by Gasteiger charge is -2.35. The van der Waals surface area contributed by atoms with E-state index in [1.807, 2.05) is 0 Å². The Morgan fingerprint density at radius 1 is 1.04 bits per heavy atom. The average molecular weight is 387 g/mol. The van der Waals surface area contributed by atoms with Crippen molar-refractivity contribution in [3.8, 4) is 0 Å². The van der Waals surface area contributed by atoms with Crippen molar-refractivity contribution in [3.63, 3.8) is 0 Å². The Labute approximate surface area is 158 Å². The van der Waals surface area contributed by atoms with Crippen molar-refractivity contribution >= 4 is 27.4 Å². The minimum absolute atomic E-state index is 0.0766. The summed E-state index contributed by atoms with van der Waals surface area (Å²) in [5.41, 5.74) is 1.08. The fourth-order valence-electron chi connectivity index (χ4n) is 3.50. The number of hydrogen-bond donors (Lipinski definition) is 0. The molecule has 8 nitrogen and oxygen atoms in total. The number of sulfonamides is 1. The molecular formula is C18H21N5O3S. The van der Waals surface area contributed by atoms with Gasteiger partial charge in [0.2, 0.25) is 10.0 Å². The van der Waals surface area contributed by atoms with Gasteiger partial charge >= 0.3 is 0 Å². The summed E-state index contributed by atoms with van der Waals surface area (Å²) in [6.07, 6.45) is 5.63. The number of benzene rings is 1. The van der Waals surface area contributed by atoms with Crippen LogP contribution < -0.4 is 9.21 Å². The van der Waals surface area contributed by atoms with E-state index in [0.717, 1.165) is 5.82 Å². The molecule has 3 heterocycles. The second-order valence-corrected chi connectivity index (χ2v) is 8.65. The number of carbonyl (C=O) groups excluding carboxylic acids is 1. The molecule has 2 saturated heterocycles. The van der Waals surface area contributed by atoms with Crippen molar-refractivity contribution in [2.24, 2.45) is 0 Å². The van der Waals surface area contributed by atoms with Crippen molar-refractivity contribution in [2.45, 2.75) is 6.42 Å². The number of nitrogens with zero attached hydrogens (tertiary/aromatic N) is 5. The molecule has 0 aliphatic carbocycles. The predicted octanol–water partition coefficient (Wildman–Crippen LogP) is 0.979. The summed E-state index contributed by atoms with van der Waals surface area (Å²) < 4.78 is 25.7. The van der Waals surface area contributed by atoms with Crippen LogP contribution in [0.1, 0.15) is 16.8 Å². The minimum Gasteiger partial charge on any atom is -0.352 e. The van der Waals surface area contributed by atoms with Crippen molar-refractivity contribution in [1.29, 1.82) is 0 Å². The van der Waals surface area contributed by atoms with Crippen LogP contribution in [0.4, 0.5) is 11.5 Å². The fourth-order valence-corrected chi connectivity index (χ4v) is 5.06. The van der Waals surface area contributed by atoms with Gasteiger partial charge in [0, 0.05) is 50.7 Å². The summed E-state index contributed by atoms with van der Waals surface area (Å²) in [6.45, 7) is 3.01. The van der Waals surface area contributed by atoms with Gasteiger partial charge in [-0.1, -0.05) is 6.07 Å². The van der Waals surface area contributed by atoms with Crippen LogP contribution in [0.5, 0.6) is 0 Å². The molecule has 0 bridgehead atoms. The van der Waals surface area contributed by atoms with Crippen LogP contribution >= 0.6 is 0 Å². The number of piperazine rings is 1. The highest BCUT2D eigenvalue weighted by atomic mass is 32.2. The Morgan fingerprint density at radius 2 is 1.85 bits per heavy atom. The monoisotopic (exact) mass is 387 g/mol. The summed E-state index contributed by atoms with van der Waals surface area (Å²) in [6, 6.07) is 6.90. The van der Waals surface area contributed by atoms with Gasteiger partial charge in [-0.3, -0.25) is 14.1 Å². The van der Waals surface area contributed by atoms with Gasteiger partial charge in [-0.15, -0.1) is 0 Å². The Bertz CT molecular complexity index is 927. The van der Waals surface area contributed by atoms with Gasteiger partial charge in [-0.2, -0.15) is 0 Å².